The van der Waals surface area contributed by atoms with Gasteiger partial charge in [-0.1, -0.05) is 51.0 Å². The summed E-state index contributed by atoms with van der Waals surface area (Å²) >= 11 is 0. The van der Waals surface area contributed by atoms with Gasteiger partial charge in [-0.15, -0.1) is 0 Å². The molecule has 1 aromatic rings. The largest absolute Gasteiger partial charge is 0.385 e. The van der Waals surface area contributed by atoms with Crippen LogP contribution >= 0.6 is 0 Å². The molecule has 0 aliphatic rings. The summed E-state index contributed by atoms with van der Waals surface area (Å²) in [5.74, 6) is 0. The van der Waals surface area contributed by atoms with Crippen LogP contribution in [0.5, 0.6) is 0 Å². The summed E-state index contributed by atoms with van der Waals surface area (Å²) in [7, 11) is 0. The maximum atomic E-state index is 10.2. The second kappa shape index (κ2) is 5.32. The zero-order valence-corrected chi connectivity index (χ0v) is 10.1. The van der Waals surface area contributed by atoms with Crippen LogP contribution in [0, 0.1) is 0 Å². The van der Waals surface area contributed by atoms with Crippen LogP contribution in [0.2, 0.25) is 0 Å². The smallest absolute Gasteiger partial charge is 0.0868 e. The maximum absolute atomic E-state index is 10.2. The van der Waals surface area contributed by atoms with Gasteiger partial charge in [0, 0.05) is 0 Å². The second-order valence-electron chi connectivity index (χ2n) is 4.47. The average Bonchev–Trinajstić information content (AvgIpc) is 2.19. The Labute approximate surface area is 93.1 Å². The lowest BCUT2D eigenvalue weighted by atomic mass is 9.90. The van der Waals surface area contributed by atoms with Gasteiger partial charge in [-0.2, -0.15) is 0 Å². The summed E-state index contributed by atoms with van der Waals surface area (Å²) in [5.41, 5.74) is 1.72. The van der Waals surface area contributed by atoms with Crippen molar-refractivity contribution in [2.75, 3.05) is 0 Å². The monoisotopic (exact) mass is 206 g/mol. The summed E-state index contributed by atoms with van der Waals surface area (Å²) in [5, 5.41) is 10.2. The normalized spacial score (nSPS) is 14.9. The van der Waals surface area contributed by atoms with E-state index >= 15 is 0 Å². The highest BCUT2D eigenvalue weighted by molar-refractivity contribution is 5.26. The fraction of sp³-hybridized carbons (Fsp3) is 0.571. The molecule has 0 unspecified atom stereocenters. The Morgan fingerprint density at radius 1 is 1.07 bits per heavy atom. The van der Waals surface area contributed by atoms with Crippen molar-refractivity contribution < 1.29 is 5.11 Å². The molecule has 0 amide bonds. The minimum Gasteiger partial charge on any atom is -0.385 e. The molecule has 0 aliphatic carbocycles. The molecule has 0 heterocycles. The SMILES string of the molecule is CCCc1ccc([C@](C)(O)CCC)cc1. The number of aryl methyl sites for hydroxylation is 1. The number of hydrogen-bond donors (Lipinski definition) is 1. The second-order valence-corrected chi connectivity index (χ2v) is 4.47. The third-order valence-electron chi connectivity index (χ3n) is 2.85. The van der Waals surface area contributed by atoms with E-state index in [-0.39, 0.29) is 0 Å². The lowest BCUT2D eigenvalue weighted by molar-refractivity contribution is 0.0469. The van der Waals surface area contributed by atoms with Crippen molar-refractivity contribution in [3.8, 4) is 0 Å². The number of rotatable bonds is 5. The van der Waals surface area contributed by atoms with E-state index in [0.717, 1.165) is 24.8 Å². The van der Waals surface area contributed by atoms with Gasteiger partial charge in [-0.05, 0) is 30.9 Å². The molecule has 1 N–H and O–H groups in total. The Balaban J connectivity index is 2.78. The van der Waals surface area contributed by atoms with Crippen LogP contribution in [0.4, 0.5) is 0 Å². The highest BCUT2D eigenvalue weighted by atomic mass is 16.3. The minimum absolute atomic E-state index is 0.667. The van der Waals surface area contributed by atoms with E-state index in [1.54, 1.807) is 0 Å². The molecular weight excluding hydrogens is 184 g/mol. The number of hydrogen-bond acceptors (Lipinski definition) is 1. The Kier molecular flexibility index (Phi) is 4.34. The van der Waals surface area contributed by atoms with Crippen LogP contribution in [-0.4, -0.2) is 5.11 Å². The zero-order valence-electron chi connectivity index (χ0n) is 10.1. The van der Waals surface area contributed by atoms with Crippen molar-refractivity contribution in [2.24, 2.45) is 0 Å². The molecule has 84 valence electrons. The van der Waals surface area contributed by atoms with E-state index in [9.17, 15) is 5.11 Å². The molecule has 0 radical (unpaired) electrons. The van der Waals surface area contributed by atoms with Crippen molar-refractivity contribution in [3.05, 3.63) is 35.4 Å². The molecule has 0 aromatic heterocycles. The predicted octanol–water partition coefficient (Wildman–Crippen LogP) is 3.65. The van der Waals surface area contributed by atoms with Crippen molar-refractivity contribution in [3.63, 3.8) is 0 Å². The summed E-state index contributed by atoms with van der Waals surface area (Å²) in [6, 6.07) is 8.37. The van der Waals surface area contributed by atoms with Crippen molar-refractivity contribution in [1.82, 2.24) is 0 Å². The summed E-state index contributed by atoms with van der Waals surface area (Å²) in [4.78, 5) is 0. The first-order valence-corrected chi connectivity index (χ1v) is 5.92. The van der Waals surface area contributed by atoms with Crippen LogP contribution < -0.4 is 0 Å². The number of aliphatic hydroxyl groups is 1. The van der Waals surface area contributed by atoms with Crippen LogP contribution in [-0.2, 0) is 12.0 Å². The van der Waals surface area contributed by atoms with Crippen LogP contribution in [0.15, 0.2) is 24.3 Å². The molecule has 1 aromatic carbocycles. The highest BCUT2D eigenvalue weighted by Crippen LogP contribution is 2.26. The van der Waals surface area contributed by atoms with E-state index in [4.69, 9.17) is 0 Å². The average molecular weight is 206 g/mol. The summed E-state index contributed by atoms with van der Waals surface area (Å²) in [6.45, 7) is 6.17. The molecule has 0 saturated heterocycles. The molecular formula is C14H22O. The third-order valence-corrected chi connectivity index (χ3v) is 2.85. The Morgan fingerprint density at radius 2 is 1.67 bits per heavy atom. The highest BCUT2D eigenvalue weighted by Gasteiger charge is 2.21. The van der Waals surface area contributed by atoms with E-state index < -0.39 is 5.60 Å². The van der Waals surface area contributed by atoms with Crippen LogP contribution in [0.3, 0.4) is 0 Å². The Morgan fingerprint density at radius 3 is 2.13 bits per heavy atom. The van der Waals surface area contributed by atoms with Gasteiger partial charge < -0.3 is 5.11 Å². The van der Waals surface area contributed by atoms with E-state index in [1.807, 2.05) is 6.92 Å². The first kappa shape index (κ1) is 12.3. The molecule has 0 bridgehead atoms. The van der Waals surface area contributed by atoms with Gasteiger partial charge in [0.05, 0.1) is 5.60 Å². The van der Waals surface area contributed by atoms with Crippen LogP contribution in [0.1, 0.15) is 51.2 Å². The zero-order chi connectivity index (χ0) is 11.3. The number of benzene rings is 1. The third kappa shape index (κ3) is 3.35. The van der Waals surface area contributed by atoms with Gasteiger partial charge in [0.2, 0.25) is 0 Å². The fourth-order valence-corrected chi connectivity index (χ4v) is 1.95. The summed E-state index contributed by atoms with van der Waals surface area (Å²) in [6.07, 6.45) is 4.12. The first-order valence-electron chi connectivity index (χ1n) is 5.92. The van der Waals surface area contributed by atoms with Gasteiger partial charge in [0.1, 0.15) is 0 Å². The fourth-order valence-electron chi connectivity index (χ4n) is 1.95. The Bertz CT molecular complexity index is 285. The molecule has 0 fully saturated rings. The van der Waals surface area contributed by atoms with Crippen molar-refractivity contribution in [1.29, 1.82) is 0 Å². The molecule has 0 aliphatic heterocycles. The van der Waals surface area contributed by atoms with Gasteiger partial charge >= 0.3 is 0 Å². The van der Waals surface area contributed by atoms with Gasteiger partial charge in [-0.3, -0.25) is 0 Å². The molecule has 0 spiro atoms. The molecule has 1 atom stereocenters. The molecule has 1 heteroatoms. The Hall–Kier alpha value is -0.820. The standard InChI is InChI=1S/C14H22O/c1-4-6-12-7-9-13(10-8-12)14(3,15)11-5-2/h7-10,15H,4-6,11H2,1-3H3/t14-/m1/s1. The lowest BCUT2D eigenvalue weighted by Gasteiger charge is -2.23. The van der Waals surface area contributed by atoms with E-state index in [0.29, 0.717) is 0 Å². The molecule has 1 rings (SSSR count). The quantitative estimate of drug-likeness (QED) is 0.779. The maximum Gasteiger partial charge on any atom is 0.0868 e. The van der Waals surface area contributed by atoms with E-state index in [1.165, 1.54) is 12.0 Å². The summed E-state index contributed by atoms with van der Waals surface area (Å²) < 4.78 is 0. The first-order chi connectivity index (χ1) is 7.10. The minimum atomic E-state index is -0.667. The van der Waals surface area contributed by atoms with Gasteiger partial charge in [0.25, 0.3) is 0 Å². The van der Waals surface area contributed by atoms with Crippen LogP contribution in [0.25, 0.3) is 0 Å². The molecule has 1 nitrogen and oxygen atoms in total. The molecule has 15 heavy (non-hydrogen) atoms. The van der Waals surface area contributed by atoms with Crippen molar-refractivity contribution >= 4 is 0 Å². The van der Waals surface area contributed by atoms with Crippen molar-refractivity contribution in [2.45, 2.75) is 52.1 Å². The molecule has 0 saturated carbocycles. The topological polar surface area (TPSA) is 20.2 Å². The van der Waals surface area contributed by atoms with E-state index in [2.05, 4.69) is 38.1 Å². The van der Waals surface area contributed by atoms with Gasteiger partial charge in [0.15, 0.2) is 0 Å². The lowest BCUT2D eigenvalue weighted by Crippen LogP contribution is -2.20. The predicted molar refractivity (Wildman–Crippen MR) is 64.9 cm³/mol. The van der Waals surface area contributed by atoms with Gasteiger partial charge in [-0.25, -0.2) is 0 Å².